The molecule has 0 spiro atoms. The molecule has 1 aliphatic carbocycles. The lowest BCUT2D eigenvalue weighted by molar-refractivity contribution is 0.334. The molecule has 0 aliphatic heterocycles. The molecule has 1 N–H and O–H groups in total. The molecular weight excluding hydrogens is 268 g/mol. The van der Waals surface area contributed by atoms with Crippen molar-refractivity contribution >= 4 is 15.9 Å². The van der Waals surface area contributed by atoms with Gasteiger partial charge in [0.2, 0.25) is 0 Å². The molecule has 1 fully saturated rings. The highest BCUT2D eigenvalue weighted by molar-refractivity contribution is 9.10. The van der Waals surface area contributed by atoms with Crippen LogP contribution in [0.3, 0.4) is 0 Å². The van der Waals surface area contributed by atoms with Gasteiger partial charge in [-0.15, -0.1) is 5.10 Å². The van der Waals surface area contributed by atoms with E-state index in [1.807, 2.05) is 11.7 Å². The van der Waals surface area contributed by atoms with Crippen molar-refractivity contribution in [2.75, 3.05) is 6.54 Å². The fourth-order valence-corrected chi connectivity index (χ4v) is 3.34. The molecule has 0 bridgehead atoms. The Kier molecular flexibility index (Phi) is 3.97. The van der Waals surface area contributed by atoms with Gasteiger partial charge in [0.15, 0.2) is 4.60 Å². The van der Waals surface area contributed by atoms with Gasteiger partial charge in [-0.3, -0.25) is 4.68 Å². The first-order valence-electron chi connectivity index (χ1n) is 6.00. The lowest BCUT2D eigenvalue weighted by Gasteiger charge is -2.29. The summed E-state index contributed by atoms with van der Waals surface area (Å²) in [5, 5.41) is 11.7. The predicted molar refractivity (Wildman–Crippen MR) is 67.4 cm³/mol. The maximum Gasteiger partial charge on any atom is 0.151 e. The molecule has 90 valence electrons. The summed E-state index contributed by atoms with van der Waals surface area (Å²) >= 11 is 3.50. The second-order valence-corrected chi connectivity index (χ2v) is 5.26. The van der Waals surface area contributed by atoms with Crippen LogP contribution < -0.4 is 5.32 Å². The first-order valence-corrected chi connectivity index (χ1v) is 6.80. The van der Waals surface area contributed by atoms with Crippen molar-refractivity contribution in [1.82, 2.24) is 20.3 Å². The molecule has 2 atom stereocenters. The molecule has 0 saturated heterocycles. The van der Waals surface area contributed by atoms with Crippen LogP contribution in [-0.4, -0.2) is 27.6 Å². The molecule has 16 heavy (non-hydrogen) atoms. The Hall–Kier alpha value is -0.420. The molecule has 2 rings (SSSR count). The number of nitrogens with one attached hydrogen (secondary N) is 1. The van der Waals surface area contributed by atoms with Crippen LogP contribution in [0, 0.1) is 0 Å². The second kappa shape index (κ2) is 5.27. The van der Waals surface area contributed by atoms with E-state index in [0.717, 1.165) is 11.1 Å². The van der Waals surface area contributed by atoms with Crippen LogP contribution in [0.2, 0.25) is 0 Å². The van der Waals surface area contributed by atoms with Gasteiger partial charge in [0.05, 0.1) is 5.69 Å². The molecule has 1 saturated carbocycles. The van der Waals surface area contributed by atoms with Crippen LogP contribution in [0.1, 0.15) is 44.2 Å². The van der Waals surface area contributed by atoms with E-state index in [0.29, 0.717) is 12.0 Å². The summed E-state index contributed by atoms with van der Waals surface area (Å²) in [4.78, 5) is 0. The van der Waals surface area contributed by atoms with Crippen molar-refractivity contribution in [1.29, 1.82) is 0 Å². The fourth-order valence-electron chi connectivity index (χ4n) is 2.68. The minimum atomic E-state index is 0.590. The Morgan fingerprint density at radius 2 is 2.31 bits per heavy atom. The van der Waals surface area contributed by atoms with Crippen LogP contribution in [0.5, 0.6) is 0 Å². The molecular formula is C11H19BrN4. The minimum Gasteiger partial charge on any atom is -0.314 e. The predicted octanol–water partition coefficient (Wildman–Crippen LogP) is 2.21. The van der Waals surface area contributed by atoms with Gasteiger partial charge in [-0.05, 0) is 41.7 Å². The third-order valence-electron chi connectivity index (χ3n) is 3.38. The number of aromatic nitrogens is 3. The summed E-state index contributed by atoms with van der Waals surface area (Å²) < 4.78 is 2.82. The third kappa shape index (κ3) is 2.46. The van der Waals surface area contributed by atoms with Crippen molar-refractivity contribution < 1.29 is 0 Å². The zero-order chi connectivity index (χ0) is 11.5. The average Bonchev–Trinajstić information content (AvgIpc) is 2.59. The van der Waals surface area contributed by atoms with E-state index in [4.69, 9.17) is 0 Å². The number of nitrogens with zero attached hydrogens (tertiary/aromatic N) is 3. The number of rotatable bonds is 3. The highest BCUT2D eigenvalue weighted by Crippen LogP contribution is 2.35. The van der Waals surface area contributed by atoms with Crippen molar-refractivity contribution in [3.05, 3.63) is 10.3 Å². The zero-order valence-corrected chi connectivity index (χ0v) is 11.5. The van der Waals surface area contributed by atoms with Crippen molar-refractivity contribution in [3.63, 3.8) is 0 Å². The average molecular weight is 287 g/mol. The normalized spacial score (nSPS) is 25.9. The van der Waals surface area contributed by atoms with Crippen LogP contribution >= 0.6 is 15.9 Å². The highest BCUT2D eigenvalue weighted by atomic mass is 79.9. The van der Waals surface area contributed by atoms with Gasteiger partial charge in [0.1, 0.15) is 0 Å². The molecule has 0 amide bonds. The van der Waals surface area contributed by atoms with E-state index < -0.39 is 0 Å². The molecule has 2 unspecified atom stereocenters. The first kappa shape index (κ1) is 12.0. The number of hydrogen-bond acceptors (Lipinski definition) is 3. The van der Waals surface area contributed by atoms with E-state index >= 15 is 0 Å². The van der Waals surface area contributed by atoms with Gasteiger partial charge in [-0.1, -0.05) is 18.6 Å². The quantitative estimate of drug-likeness (QED) is 0.927. The van der Waals surface area contributed by atoms with E-state index in [-0.39, 0.29) is 0 Å². The monoisotopic (exact) mass is 286 g/mol. The molecule has 1 aromatic rings. The maximum absolute atomic E-state index is 4.07. The Labute approximate surface area is 105 Å². The third-order valence-corrected chi connectivity index (χ3v) is 3.95. The highest BCUT2D eigenvalue weighted by Gasteiger charge is 2.26. The first-order chi connectivity index (χ1) is 7.72. The van der Waals surface area contributed by atoms with Crippen molar-refractivity contribution in [3.8, 4) is 0 Å². The molecule has 0 radical (unpaired) electrons. The van der Waals surface area contributed by atoms with Crippen LogP contribution in [0.15, 0.2) is 4.60 Å². The summed E-state index contributed by atoms with van der Waals surface area (Å²) in [7, 11) is 1.98. The van der Waals surface area contributed by atoms with Gasteiger partial charge in [-0.25, -0.2) is 0 Å². The van der Waals surface area contributed by atoms with Gasteiger partial charge in [0.25, 0.3) is 0 Å². The molecule has 1 heterocycles. The summed E-state index contributed by atoms with van der Waals surface area (Å²) in [6, 6.07) is 0.658. The molecule has 4 nitrogen and oxygen atoms in total. The zero-order valence-electron chi connectivity index (χ0n) is 9.91. The van der Waals surface area contributed by atoms with Gasteiger partial charge < -0.3 is 5.32 Å². The Bertz CT molecular complexity index is 328. The number of aryl methyl sites for hydroxylation is 1. The largest absolute Gasteiger partial charge is 0.314 e. The molecule has 1 aliphatic rings. The Morgan fingerprint density at radius 1 is 1.50 bits per heavy atom. The topological polar surface area (TPSA) is 42.7 Å². The second-order valence-electron chi connectivity index (χ2n) is 4.51. The van der Waals surface area contributed by atoms with E-state index in [1.54, 1.807) is 0 Å². The Balaban J connectivity index is 2.09. The van der Waals surface area contributed by atoms with Crippen LogP contribution in [-0.2, 0) is 7.05 Å². The molecule has 5 heteroatoms. The molecule has 1 aromatic heterocycles. The molecule has 0 aromatic carbocycles. The van der Waals surface area contributed by atoms with Gasteiger partial charge >= 0.3 is 0 Å². The SMILES string of the molecule is CCNC1CCCC(c2c(Br)nnn2C)C1. The Morgan fingerprint density at radius 3 is 2.94 bits per heavy atom. The van der Waals surface area contributed by atoms with Crippen LogP contribution in [0.25, 0.3) is 0 Å². The minimum absolute atomic E-state index is 0.590. The lowest BCUT2D eigenvalue weighted by Crippen LogP contribution is -2.33. The van der Waals surface area contributed by atoms with E-state index in [9.17, 15) is 0 Å². The fraction of sp³-hybridized carbons (Fsp3) is 0.818. The number of hydrogen-bond donors (Lipinski definition) is 1. The lowest BCUT2D eigenvalue weighted by atomic mass is 9.84. The van der Waals surface area contributed by atoms with Crippen LogP contribution in [0.4, 0.5) is 0 Å². The maximum atomic E-state index is 4.07. The summed E-state index contributed by atoms with van der Waals surface area (Å²) in [5.74, 6) is 0.590. The smallest absolute Gasteiger partial charge is 0.151 e. The van der Waals surface area contributed by atoms with Gasteiger partial charge in [-0.2, -0.15) is 0 Å². The summed E-state index contributed by atoms with van der Waals surface area (Å²) in [6.07, 6.45) is 5.04. The summed E-state index contributed by atoms with van der Waals surface area (Å²) in [6.45, 7) is 3.23. The van der Waals surface area contributed by atoms with E-state index in [2.05, 4.69) is 38.5 Å². The van der Waals surface area contributed by atoms with E-state index in [1.165, 1.54) is 31.4 Å². The number of halogens is 1. The van der Waals surface area contributed by atoms with Gasteiger partial charge in [0, 0.05) is 19.0 Å². The van der Waals surface area contributed by atoms with Crippen molar-refractivity contribution in [2.45, 2.75) is 44.6 Å². The van der Waals surface area contributed by atoms with Crippen molar-refractivity contribution in [2.24, 2.45) is 7.05 Å². The summed E-state index contributed by atoms with van der Waals surface area (Å²) in [5.41, 5.74) is 1.25. The standard InChI is InChI=1S/C11H19BrN4/c1-3-13-9-6-4-5-8(7-9)10-11(12)14-15-16(10)2/h8-9,13H,3-7H2,1-2H3.